The van der Waals surface area contributed by atoms with Crippen LogP contribution in [0.1, 0.15) is 39.5 Å². The van der Waals surface area contributed by atoms with Gasteiger partial charge in [0.15, 0.2) is 6.61 Å². The van der Waals surface area contributed by atoms with Crippen LogP contribution in [0.3, 0.4) is 0 Å². The highest BCUT2D eigenvalue weighted by Crippen LogP contribution is 2.29. The summed E-state index contributed by atoms with van der Waals surface area (Å²) in [5, 5.41) is 2.56. The van der Waals surface area contributed by atoms with E-state index in [0.29, 0.717) is 18.8 Å². The van der Waals surface area contributed by atoms with E-state index < -0.39 is 28.5 Å². The second-order valence-corrected chi connectivity index (χ2v) is 8.93. The number of nitrogens with zero attached hydrogens (tertiary/aromatic N) is 1. The number of rotatable bonds is 7. The van der Waals surface area contributed by atoms with Gasteiger partial charge in [0.25, 0.3) is 5.91 Å². The SMILES string of the molecule is COc1ccc(S(=O)(=O)N2CCCCCC2)cc1NC(=O)COC(=O)C(C)C. The molecule has 0 bridgehead atoms. The van der Waals surface area contributed by atoms with E-state index in [0.717, 1.165) is 25.7 Å². The molecule has 1 aliphatic heterocycles. The van der Waals surface area contributed by atoms with E-state index in [2.05, 4.69) is 5.32 Å². The van der Waals surface area contributed by atoms with Crippen LogP contribution in [0, 0.1) is 5.92 Å². The second kappa shape index (κ2) is 9.88. The number of carbonyl (C=O) groups is 2. The van der Waals surface area contributed by atoms with Gasteiger partial charge >= 0.3 is 5.97 Å². The summed E-state index contributed by atoms with van der Waals surface area (Å²) in [7, 11) is -2.24. The lowest BCUT2D eigenvalue weighted by molar-refractivity contribution is -0.150. The summed E-state index contributed by atoms with van der Waals surface area (Å²) in [5.74, 6) is -1.08. The molecule has 0 unspecified atom stereocenters. The molecule has 9 heteroatoms. The third kappa shape index (κ3) is 5.68. The second-order valence-electron chi connectivity index (χ2n) is 6.99. The van der Waals surface area contributed by atoms with E-state index in [1.54, 1.807) is 13.8 Å². The monoisotopic (exact) mass is 412 g/mol. The minimum atomic E-state index is -3.66. The number of carbonyl (C=O) groups excluding carboxylic acids is 2. The summed E-state index contributed by atoms with van der Waals surface area (Å²) < 4.78 is 37.5. The Balaban J connectivity index is 2.18. The maximum atomic E-state index is 13.0. The summed E-state index contributed by atoms with van der Waals surface area (Å²) in [6.07, 6.45) is 3.70. The van der Waals surface area contributed by atoms with Gasteiger partial charge in [-0.1, -0.05) is 26.7 Å². The molecule has 8 nitrogen and oxygen atoms in total. The third-order valence-electron chi connectivity index (χ3n) is 4.46. The Labute approximate surface area is 166 Å². The zero-order chi connectivity index (χ0) is 20.7. The summed E-state index contributed by atoms with van der Waals surface area (Å²) in [4.78, 5) is 23.7. The molecule has 0 spiro atoms. The largest absolute Gasteiger partial charge is 0.495 e. The van der Waals surface area contributed by atoms with Gasteiger partial charge < -0.3 is 14.8 Å². The number of hydrogen-bond donors (Lipinski definition) is 1. The molecule has 2 rings (SSSR count). The van der Waals surface area contributed by atoms with Gasteiger partial charge in [0.2, 0.25) is 10.0 Å². The minimum absolute atomic E-state index is 0.0877. The van der Waals surface area contributed by atoms with E-state index in [-0.39, 0.29) is 16.5 Å². The van der Waals surface area contributed by atoms with Crippen molar-refractivity contribution in [2.24, 2.45) is 5.92 Å². The van der Waals surface area contributed by atoms with Crippen LogP contribution in [0.25, 0.3) is 0 Å². The van der Waals surface area contributed by atoms with Crippen LogP contribution in [0.2, 0.25) is 0 Å². The maximum Gasteiger partial charge on any atom is 0.308 e. The Morgan fingerprint density at radius 3 is 2.36 bits per heavy atom. The molecular formula is C19H28N2O6S. The topological polar surface area (TPSA) is 102 Å². The molecule has 28 heavy (non-hydrogen) atoms. The van der Waals surface area contributed by atoms with Gasteiger partial charge in [-0.15, -0.1) is 0 Å². The molecule has 1 fully saturated rings. The molecule has 0 atom stereocenters. The number of amides is 1. The van der Waals surface area contributed by atoms with E-state index in [4.69, 9.17) is 9.47 Å². The molecule has 156 valence electrons. The van der Waals surface area contributed by atoms with Crippen molar-refractivity contribution in [2.45, 2.75) is 44.4 Å². The number of ether oxygens (including phenoxy) is 2. The number of hydrogen-bond acceptors (Lipinski definition) is 6. The predicted molar refractivity (Wildman–Crippen MR) is 105 cm³/mol. The Hall–Kier alpha value is -2.13. The Morgan fingerprint density at radius 1 is 1.14 bits per heavy atom. The van der Waals surface area contributed by atoms with E-state index in [9.17, 15) is 18.0 Å². The molecule has 1 aromatic carbocycles. The summed E-state index contributed by atoms with van der Waals surface area (Å²) in [5.41, 5.74) is 0.212. The van der Waals surface area contributed by atoms with Crippen LogP contribution in [0.4, 0.5) is 5.69 Å². The van der Waals surface area contributed by atoms with Crippen LogP contribution in [0.5, 0.6) is 5.75 Å². The molecule has 1 saturated heterocycles. The number of methoxy groups -OCH3 is 1. The van der Waals surface area contributed by atoms with Crippen LogP contribution in [-0.2, 0) is 24.3 Å². The fourth-order valence-electron chi connectivity index (χ4n) is 2.87. The minimum Gasteiger partial charge on any atom is -0.495 e. The molecule has 0 aromatic heterocycles. The number of benzene rings is 1. The highest BCUT2D eigenvalue weighted by molar-refractivity contribution is 7.89. The van der Waals surface area contributed by atoms with Crippen molar-refractivity contribution in [3.63, 3.8) is 0 Å². The van der Waals surface area contributed by atoms with Crippen molar-refractivity contribution in [3.05, 3.63) is 18.2 Å². The molecular weight excluding hydrogens is 384 g/mol. The standard InChI is InChI=1S/C19H28N2O6S/c1-14(2)19(23)27-13-18(22)20-16-12-15(8-9-17(16)26-3)28(24,25)21-10-6-4-5-7-11-21/h8-9,12,14H,4-7,10-11,13H2,1-3H3,(H,20,22). The van der Waals surface area contributed by atoms with Crippen LogP contribution in [-0.4, -0.2) is 51.4 Å². The average molecular weight is 413 g/mol. The first kappa shape index (κ1) is 22.2. The Kier molecular flexibility index (Phi) is 7.82. The normalized spacial score (nSPS) is 15.7. The molecule has 1 N–H and O–H groups in total. The van der Waals surface area contributed by atoms with Gasteiger partial charge in [-0.3, -0.25) is 9.59 Å². The highest BCUT2D eigenvalue weighted by atomic mass is 32.2. The number of esters is 1. The van der Waals surface area contributed by atoms with Crippen molar-refractivity contribution in [3.8, 4) is 5.75 Å². The first-order valence-corrected chi connectivity index (χ1v) is 10.8. The number of anilines is 1. The van der Waals surface area contributed by atoms with Gasteiger partial charge in [0, 0.05) is 13.1 Å². The first-order chi connectivity index (χ1) is 13.3. The van der Waals surface area contributed by atoms with Crippen molar-refractivity contribution in [1.29, 1.82) is 0 Å². The molecule has 1 aromatic rings. The Bertz CT molecular complexity index is 799. The fourth-order valence-corrected chi connectivity index (χ4v) is 4.41. The third-order valence-corrected chi connectivity index (χ3v) is 6.36. The lowest BCUT2D eigenvalue weighted by Gasteiger charge is -2.21. The molecule has 0 radical (unpaired) electrons. The van der Waals surface area contributed by atoms with E-state index in [1.165, 1.54) is 29.6 Å². The van der Waals surface area contributed by atoms with E-state index in [1.807, 2.05) is 0 Å². The lowest BCUT2D eigenvalue weighted by Crippen LogP contribution is -2.32. The molecule has 1 amide bonds. The molecule has 0 saturated carbocycles. The highest BCUT2D eigenvalue weighted by Gasteiger charge is 2.26. The van der Waals surface area contributed by atoms with Crippen molar-refractivity contribution in [2.75, 3.05) is 32.1 Å². The molecule has 1 heterocycles. The van der Waals surface area contributed by atoms with E-state index >= 15 is 0 Å². The zero-order valence-corrected chi connectivity index (χ0v) is 17.4. The summed E-state index contributed by atoms with van der Waals surface area (Å²) >= 11 is 0. The number of sulfonamides is 1. The fraction of sp³-hybridized carbons (Fsp3) is 0.579. The van der Waals surface area contributed by atoms with Crippen LogP contribution in [0.15, 0.2) is 23.1 Å². The average Bonchev–Trinajstić information content (AvgIpc) is 2.96. The van der Waals surface area contributed by atoms with Crippen molar-refractivity contribution in [1.82, 2.24) is 4.31 Å². The van der Waals surface area contributed by atoms with Gasteiger partial charge in [0.05, 0.1) is 23.6 Å². The Morgan fingerprint density at radius 2 is 1.79 bits per heavy atom. The van der Waals surface area contributed by atoms with Crippen molar-refractivity contribution < 1.29 is 27.5 Å². The molecule has 0 aliphatic carbocycles. The van der Waals surface area contributed by atoms with Crippen LogP contribution >= 0.6 is 0 Å². The zero-order valence-electron chi connectivity index (χ0n) is 16.6. The van der Waals surface area contributed by atoms with Gasteiger partial charge in [-0.05, 0) is 31.0 Å². The van der Waals surface area contributed by atoms with Gasteiger partial charge in [0.1, 0.15) is 5.75 Å². The smallest absolute Gasteiger partial charge is 0.308 e. The predicted octanol–water partition coefficient (Wildman–Crippen LogP) is 2.40. The lowest BCUT2D eigenvalue weighted by atomic mass is 10.2. The maximum absolute atomic E-state index is 13.0. The van der Waals surface area contributed by atoms with Crippen LogP contribution < -0.4 is 10.1 Å². The quantitative estimate of drug-likeness (QED) is 0.690. The van der Waals surface area contributed by atoms with Crippen molar-refractivity contribution >= 4 is 27.6 Å². The molecule has 1 aliphatic rings. The summed E-state index contributed by atoms with van der Waals surface area (Å²) in [6, 6.07) is 4.34. The first-order valence-electron chi connectivity index (χ1n) is 9.40. The number of nitrogens with one attached hydrogen (secondary N) is 1. The van der Waals surface area contributed by atoms with Gasteiger partial charge in [-0.2, -0.15) is 4.31 Å². The summed E-state index contributed by atoms with van der Waals surface area (Å²) in [6.45, 7) is 3.85. The van der Waals surface area contributed by atoms with Gasteiger partial charge in [-0.25, -0.2) is 8.42 Å².